The fourth-order valence-electron chi connectivity index (χ4n) is 0.767. The molecular weight excluding hydrogens is 373 g/mol. The Morgan fingerprint density at radius 3 is 1.09 bits per heavy atom. The summed E-state index contributed by atoms with van der Waals surface area (Å²) in [5.74, 6) is 0. The molecular formula is C16H28CoN2O2P2+2. The fourth-order valence-corrected chi connectivity index (χ4v) is 0.767. The number of aromatic nitrogens is 2. The summed E-state index contributed by atoms with van der Waals surface area (Å²) in [6.07, 6.45) is 4.62. The molecule has 0 aliphatic heterocycles. The van der Waals surface area contributed by atoms with Crippen molar-refractivity contribution in [3.05, 3.63) is 48.0 Å². The van der Waals surface area contributed by atoms with E-state index in [0.29, 0.717) is 11.4 Å². The standard InChI is InChI=1S/2C5H5NO.2C3H9P.Co/c2*7-4-5-2-1-3-6-5;2*1-4(2)3;/h2*1-4H,(H,6,7);2*1-3H3;/q;;;;+2. The van der Waals surface area contributed by atoms with Gasteiger partial charge in [-0.25, -0.2) is 0 Å². The molecule has 0 fully saturated rings. The average molecular weight is 401 g/mol. The van der Waals surface area contributed by atoms with Gasteiger partial charge in [0, 0.05) is 40.0 Å². The second-order valence-corrected chi connectivity index (χ2v) is 11.4. The van der Waals surface area contributed by atoms with Crippen LogP contribution in [0, 0.1) is 0 Å². The Kier molecular flexibility index (Phi) is 22.8. The van der Waals surface area contributed by atoms with Crippen molar-refractivity contribution in [3.8, 4) is 0 Å². The van der Waals surface area contributed by atoms with Gasteiger partial charge in [0.2, 0.25) is 0 Å². The Bertz CT molecular complexity index is 409. The first kappa shape index (κ1) is 27.1. The van der Waals surface area contributed by atoms with Crippen molar-refractivity contribution < 1.29 is 26.4 Å². The smallest absolute Gasteiger partial charge is 0.661 e. The third-order valence-corrected chi connectivity index (χ3v) is 1.39. The number of hydrogen-bond acceptors (Lipinski definition) is 2. The van der Waals surface area contributed by atoms with Crippen molar-refractivity contribution in [2.45, 2.75) is 0 Å². The van der Waals surface area contributed by atoms with Gasteiger partial charge in [-0.1, -0.05) is 35.7 Å². The van der Waals surface area contributed by atoms with Gasteiger partial charge in [-0.2, -0.15) is 12.4 Å². The molecule has 1 radical (unpaired) electrons. The summed E-state index contributed by atoms with van der Waals surface area (Å²) in [5, 5.41) is 0. The van der Waals surface area contributed by atoms with E-state index in [-0.39, 0.29) is 32.6 Å². The van der Waals surface area contributed by atoms with Gasteiger partial charge in [-0.3, -0.25) is 9.59 Å². The van der Waals surface area contributed by atoms with E-state index in [1.807, 2.05) is 0 Å². The fraction of sp³-hybridized carbons (Fsp3) is 0.375. The number of aldehydes is 2. The Morgan fingerprint density at radius 1 is 0.739 bits per heavy atom. The van der Waals surface area contributed by atoms with Crippen LogP contribution in [0.15, 0.2) is 36.7 Å². The molecule has 0 unspecified atom stereocenters. The molecule has 0 aliphatic rings. The van der Waals surface area contributed by atoms with Crippen LogP contribution >= 0.6 is 15.8 Å². The zero-order valence-electron chi connectivity index (χ0n) is 14.7. The second-order valence-electron chi connectivity index (χ2n) is 5.36. The molecule has 0 aliphatic carbocycles. The maximum atomic E-state index is 9.81. The average Bonchev–Trinajstić information content (AvgIpc) is 3.11. The minimum absolute atomic E-state index is 0. The molecule has 0 saturated carbocycles. The zero-order valence-corrected chi connectivity index (χ0v) is 17.7. The number of carbonyl (C=O) groups is 2. The van der Waals surface area contributed by atoms with Gasteiger partial charge in [0.1, 0.15) is 12.6 Å². The van der Waals surface area contributed by atoms with Gasteiger partial charge in [0.15, 0.2) is 0 Å². The van der Waals surface area contributed by atoms with Crippen molar-refractivity contribution in [2.75, 3.05) is 40.0 Å². The monoisotopic (exact) mass is 401 g/mol. The summed E-state index contributed by atoms with van der Waals surface area (Å²) in [7, 11) is 0.241. The predicted octanol–water partition coefficient (Wildman–Crippen LogP) is 3.09. The summed E-state index contributed by atoms with van der Waals surface area (Å²) in [4.78, 5) is 26.9. The zero-order chi connectivity index (χ0) is 17.4. The van der Waals surface area contributed by atoms with E-state index >= 15 is 0 Å². The van der Waals surface area contributed by atoms with Crippen molar-refractivity contribution in [1.29, 1.82) is 0 Å². The molecule has 0 N–H and O–H groups in total. The topological polar surface area (TPSA) is 62.3 Å². The summed E-state index contributed by atoms with van der Waals surface area (Å²) in [5.41, 5.74) is 1.00. The molecule has 23 heavy (non-hydrogen) atoms. The minimum atomic E-state index is 0. The van der Waals surface area contributed by atoms with Gasteiger partial charge in [-0.15, -0.1) is 0 Å². The van der Waals surface area contributed by atoms with Crippen molar-refractivity contribution in [1.82, 2.24) is 9.97 Å². The Balaban J connectivity index is -0.000000238. The first-order valence-electron chi connectivity index (χ1n) is 6.92. The van der Waals surface area contributed by atoms with Crippen molar-refractivity contribution in [3.63, 3.8) is 0 Å². The van der Waals surface area contributed by atoms with E-state index in [9.17, 15) is 9.59 Å². The maximum Gasteiger partial charge on any atom is 2.00 e. The molecule has 131 valence electrons. The third-order valence-electron chi connectivity index (χ3n) is 1.39. The Labute approximate surface area is 152 Å². The third kappa shape index (κ3) is 26.5. The Hall–Kier alpha value is -0.734. The number of hydrogen-bond donors (Lipinski definition) is 0. The molecule has 0 aromatic carbocycles. The summed E-state index contributed by atoms with van der Waals surface area (Å²) in [6.45, 7) is 13.6. The maximum absolute atomic E-state index is 9.81. The van der Waals surface area contributed by atoms with E-state index in [1.165, 1.54) is 0 Å². The SMILES string of the molecule is C[PH+](C)C.C[PH+](C)C.O=Cc1ccc[n-]1.O=Cc1ccc[n-]1.[Co+2]. The van der Waals surface area contributed by atoms with Crippen molar-refractivity contribution >= 4 is 28.4 Å². The van der Waals surface area contributed by atoms with Crippen LogP contribution in [0.25, 0.3) is 0 Å². The predicted molar refractivity (Wildman–Crippen MR) is 102 cm³/mol. The van der Waals surface area contributed by atoms with Gasteiger partial charge in [-0.05, 0) is 15.8 Å². The largest absolute Gasteiger partial charge is 2.00 e. The van der Waals surface area contributed by atoms with Crippen LogP contribution in [-0.2, 0) is 16.8 Å². The van der Waals surface area contributed by atoms with Gasteiger partial charge in [0.05, 0.1) is 0 Å². The molecule has 2 aromatic rings. The second kappa shape index (κ2) is 19.3. The van der Waals surface area contributed by atoms with Gasteiger partial charge < -0.3 is 9.97 Å². The summed E-state index contributed by atoms with van der Waals surface area (Å²) >= 11 is 0. The quantitative estimate of drug-likeness (QED) is 0.573. The molecule has 0 bridgehead atoms. The first-order valence-corrected chi connectivity index (χ1v) is 12.9. The van der Waals surface area contributed by atoms with Crippen LogP contribution in [0.1, 0.15) is 21.0 Å². The molecule has 4 nitrogen and oxygen atoms in total. The van der Waals surface area contributed by atoms with E-state index in [0.717, 1.165) is 12.6 Å². The minimum Gasteiger partial charge on any atom is -0.661 e. The van der Waals surface area contributed by atoms with Crippen LogP contribution in [-0.4, -0.2) is 52.6 Å². The molecule has 2 aromatic heterocycles. The molecule has 0 spiro atoms. The number of nitrogens with zero attached hydrogens (tertiary/aromatic N) is 2. The molecule has 0 atom stereocenters. The molecule has 7 heteroatoms. The van der Waals surface area contributed by atoms with E-state index in [2.05, 4.69) is 50.0 Å². The van der Waals surface area contributed by atoms with Crippen LogP contribution < -0.4 is 9.97 Å². The summed E-state index contributed by atoms with van der Waals surface area (Å²) in [6, 6.07) is 6.77. The van der Waals surface area contributed by atoms with Crippen LogP contribution in [0.5, 0.6) is 0 Å². The van der Waals surface area contributed by atoms with Crippen LogP contribution in [0.2, 0.25) is 0 Å². The van der Waals surface area contributed by atoms with Crippen LogP contribution in [0.4, 0.5) is 0 Å². The number of carbonyl (C=O) groups excluding carboxylic acids is 2. The molecule has 2 heterocycles. The van der Waals surface area contributed by atoms with E-state index in [1.54, 1.807) is 36.7 Å². The van der Waals surface area contributed by atoms with E-state index in [4.69, 9.17) is 0 Å². The molecule has 0 amide bonds. The Morgan fingerprint density at radius 2 is 1.00 bits per heavy atom. The van der Waals surface area contributed by atoms with Crippen LogP contribution in [0.3, 0.4) is 0 Å². The van der Waals surface area contributed by atoms with Gasteiger partial charge in [0.25, 0.3) is 0 Å². The molecule has 0 saturated heterocycles. The molecule has 2 rings (SSSR count). The van der Waals surface area contributed by atoms with Crippen molar-refractivity contribution in [2.24, 2.45) is 0 Å². The van der Waals surface area contributed by atoms with Gasteiger partial charge >= 0.3 is 16.8 Å². The first-order chi connectivity index (χ1) is 10.3. The summed E-state index contributed by atoms with van der Waals surface area (Å²) < 4.78 is 0. The normalized spacial score (nSPS) is 8.35. The number of rotatable bonds is 2. The van der Waals surface area contributed by atoms with E-state index < -0.39 is 0 Å².